The first kappa shape index (κ1) is 23.4. The number of amides is 1. The second-order valence-corrected chi connectivity index (χ2v) is 10.7. The second-order valence-electron chi connectivity index (χ2n) is 9.61. The molecule has 0 spiro atoms. The Bertz CT molecular complexity index is 1490. The highest BCUT2D eigenvalue weighted by atomic mass is 32.1. The Morgan fingerprint density at radius 2 is 1.97 bits per heavy atom. The molecule has 1 amide bonds. The van der Waals surface area contributed by atoms with Crippen molar-refractivity contribution in [2.75, 3.05) is 18.0 Å². The minimum Gasteiger partial charge on any atom is -0.385 e. The lowest BCUT2D eigenvalue weighted by Crippen LogP contribution is -2.30. The summed E-state index contributed by atoms with van der Waals surface area (Å²) < 4.78 is 1.55. The third-order valence-electron chi connectivity index (χ3n) is 6.58. The van der Waals surface area contributed by atoms with E-state index in [1.807, 2.05) is 13.1 Å². The summed E-state index contributed by atoms with van der Waals surface area (Å²) >= 11 is 1.53. The molecule has 0 fully saturated rings. The third kappa shape index (κ3) is 4.17. The molecule has 4 aromatic rings. The smallest absolute Gasteiger partial charge is 0.274 e. The Hall–Kier alpha value is -3.36. The van der Waals surface area contributed by atoms with Gasteiger partial charge in [0.05, 0.1) is 16.2 Å². The molecule has 0 unspecified atom stereocenters. The minimum atomic E-state index is -1.00. The maximum Gasteiger partial charge on any atom is 0.274 e. The highest BCUT2D eigenvalue weighted by molar-refractivity contribution is 7.16. The van der Waals surface area contributed by atoms with Crippen molar-refractivity contribution >= 4 is 33.8 Å². The molecule has 182 valence electrons. The van der Waals surface area contributed by atoms with E-state index >= 15 is 0 Å². The first-order chi connectivity index (χ1) is 16.7. The summed E-state index contributed by atoms with van der Waals surface area (Å²) in [5.41, 5.74) is 4.13. The molecule has 0 saturated carbocycles. The standard InChI is InChI=1S/C27H30N4O3S/c1-5-28-25(32)20-12-18-19(15-30(4)26(33)23(18)29-20)24-21(13-22(35-24)27(2,3)34)31-11-10-16-8-6-7-9-17(16)14-31/h6-9,12-13,15,29,34H,5,10-11,14H2,1-4H3,(H,28,32). The summed E-state index contributed by atoms with van der Waals surface area (Å²) in [5, 5.41) is 14.4. The predicted octanol–water partition coefficient (Wildman–Crippen LogP) is 4.13. The fourth-order valence-electron chi connectivity index (χ4n) is 4.71. The van der Waals surface area contributed by atoms with Gasteiger partial charge in [-0.05, 0) is 50.5 Å². The van der Waals surface area contributed by atoms with E-state index in [9.17, 15) is 14.7 Å². The first-order valence-corrected chi connectivity index (χ1v) is 12.7. The number of hydrogen-bond acceptors (Lipinski definition) is 5. The van der Waals surface area contributed by atoms with Crippen LogP contribution in [0.15, 0.2) is 47.4 Å². The molecule has 7 nitrogen and oxygen atoms in total. The number of rotatable bonds is 5. The quantitative estimate of drug-likeness (QED) is 0.392. The molecule has 35 heavy (non-hydrogen) atoms. The van der Waals surface area contributed by atoms with Crippen molar-refractivity contribution in [3.05, 3.63) is 74.6 Å². The van der Waals surface area contributed by atoms with Gasteiger partial charge in [-0.2, -0.15) is 0 Å². The van der Waals surface area contributed by atoms with Gasteiger partial charge >= 0.3 is 0 Å². The monoisotopic (exact) mass is 490 g/mol. The summed E-state index contributed by atoms with van der Waals surface area (Å²) in [6, 6.07) is 12.3. The molecule has 3 N–H and O–H groups in total. The molecule has 4 heterocycles. The van der Waals surface area contributed by atoms with Crippen LogP contribution >= 0.6 is 11.3 Å². The van der Waals surface area contributed by atoms with Crippen molar-refractivity contribution in [2.24, 2.45) is 7.05 Å². The fourth-order valence-corrected chi connectivity index (χ4v) is 5.91. The van der Waals surface area contributed by atoms with E-state index < -0.39 is 5.60 Å². The second kappa shape index (κ2) is 8.70. The number of aryl methyl sites for hydroxylation is 1. The largest absolute Gasteiger partial charge is 0.385 e. The van der Waals surface area contributed by atoms with Crippen molar-refractivity contribution in [1.82, 2.24) is 14.9 Å². The van der Waals surface area contributed by atoms with E-state index in [0.29, 0.717) is 23.1 Å². The number of thiophene rings is 1. The number of H-pyrrole nitrogens is 1. The Balaban J connectivity index is 1.70. The van der Waals surface area contributed by atoms with Crippen LogP contribution in [0, 0.1) is 0 Å². The van der Waals surface area contributed by atoms with Gasteiger partial charge in [0.1, 0.15) is 11.2 Å². The van der Waals surface area contributed by atoms with Crippen LogP contribution < -0.4 is 15.8 Å². The molecule has 0 radical (unpaired) electrons. The SMILES string of the molecule is CCNC(=O)c1cc2c(-c3sc(C(C)(C)O)cc3N3CCc4ccccc4C3)cn(C)c(=O)c2[nH]1. The minimum absolute atomic E-state index is 0.188. The van der Waals surface area contributed by atoms with Gasteiger partial charge in [-0.25, -0.2) is 0 Å². The van der Waals surface area contributed by atoms with Crippen LogP contribution in [0.3, 0.4) is 0 Å². The number of nitrogens with zero attached hydrogens (tertiary/aromatic N) is 2. The lowest BCUT2D eigenvalue weighted by Gasteiger charge is -2.31. The van der Waals surface area contributed by atoms with Crippen LogP contribution in [0.25, 0.3) is 21.3 Å². The van der Waals surface area contributed by atoms with Crippen LogP contribution in [0.4, 0.5) is 5.69 Å². The van der Waals surface area contributed by atoms with Gasteiger partial charge in [0.25, 0.3) is 11.5 Å². The van der Waals surface area contributed by atoms with Crippen molar-refractivity contribution in [3.63, 3.8) is 0 Å². The number of aliphatic hydroxyl groups is 1. The Morgan fingerprint density at radius 1 is 1.23 bits per heavy atom. The van der Waals surface area contributed by atoms with Gasteiger partial charge in [-0.15, -0.1) is 11.3 Å². The number of anilines is 1. The van der Waals surface area contributed by atoms with Crippen molar-refractivity contribution in [3.8, 4) is 10.4 Å². The number of carbonyl (C=O) groups excluding carboxylic acids is 1. The van der Waals surface area contributed by atoms with Crippen LogP contribution in [0.1, 0.15) is 47.3 Å². The number of carbonyl (C=O) groups is 1. The maximum absolute atomic E-state index is 12.9. The van der Waals surface area contributed by atoms with E-state index in [4.69, 9.17) is 0 Å². The molecule has 0 aliphatic carbocycles. The number of pyridine rings is 1. The van der Waals surface area contributed by atoms with Crippen LogP contribution in [0.5, 0.6) is 0 Å². The van der Waals surface area contributed by atoms with Gasteiger partial charge in [0.2, 0.25) is 0 Å². The Labute approximate surface area is 208 Å². The molecular formula is C27H30N4O3S. The van der Waals surface area contributed by atoms with E-state index in [-0.39, 0.29) is 11.5 Å². The maximum atomic E-state index is 12.9. The van der Waals surface area contributed by atoms with E-state index in [1.54, 1.807) is 31.5 Å². The highest BCUT2D eigenvalue weighted by Gasteiger charge is 2.28. The van der Waals surface area contributed by atoms with E-state index in [0.717, 1.165) is 40.5 Å². The zero-order valence-corrected chi connectivity index (χ0v) is 21.3. The summed E-state index contributed by atoms with van der Waals surface area (Å²) in [6.45, 7) is 7.57. The van der Waals surface area contributed by atoms with Crippen LogP contribution in [0.2, 0.25) is 0 Å². The number of benzene rings is 1. The number of fused-ring (bicyclic) bond motifs is 2. The number of aromatic nitrogens is 2. The third-order valence-corrected chi connectivity index (χ3v) is 8.05. The van der Waals surface area contributed by atoms with Gasteiger partial charge in [-0.1, -0.05) is 24.3 Å². The molecule has 8 heteroatoms. The van der Waals surface area contributed by atoms with Gasteiger partial charge in [0, 0.05) is 48.7 Å². The molecule has 0 bridgehead atoms. The van der Waals surface area contributed by atoms with E-state index in [2.05, 4.69) is 45.5 Å². The summed E-state index contributed by atoms with van der Waals surface area (Å²) in [5.74, 6) is -0.243. The number of hydrogen-bond donors (Lipinski definition) is 3. The molecular weight excluding hydrogens is 460 g/mol. The summed E-state index contributed by atoms with van der Waals surface area (Å²) in [4.78, 5) is 32.7. The zero-order chi connectivity index (χ0) is 24.9. The normalized spacial score (nSPS) is 13.8. The predicted molar refractivity (Wildman–Crippen MR) is 141 cm³/mol. The average Bonchev–Trinajstić information content (AvgIpc) is 3.47. The molecule has 1 aromatic carbocycles. The highest BCUT2D eigenvalue weighted by Crippen LogP contribution is 2.45. The lowest BCUT2D eigenvalue weighted by molar-refractivity contribution is 0.0825. The van der Waals surface area contributed by atoms with Crippen LogP contribution in [-0.2, 0) is 25.6 Å². The summed E-state index contributed by atoms with van der Waals surface area (Å²) in [6.07, 6.45) is 2.78. The molecule has 0 atom stereocenters. The number of aromatic amines is 1. The van der Waals surface area contributed by atoms with Crippen molar-refractivity contribution in [1.29, 1.82) is 0 Å². The summed E-state index contributed by atoms with van der Waals surface area (Å²) in [7, 11) is 1.72. The lowest BCUT2D eigenvalue weighted by atomic mass is 9.98. The average molecular weight is 491 g/mol. The molecule has 0 saturated heterocycles. The number of nitrogens with one attached hydrogen (secondary N) is 2. The van der Waals surface area contributed by atoms with Crippen molar-refractivity contribution in [2.45, 2.75) is 39.3 Å². The van der Waals surface area contributed by atoms with Crippen LogP contribution in [-0.4, -0.2) is 33.7 Å². The zero-order valence-electron chi connectivity index (χ0n) is 20.4. The van der Waals surface area contributed by atoms with Gasteiger partial charge in [-0.3, -0.25) is 9.59 Å². The fraction of sp³-hybridized carbons (Fsp3) is 0.333. The van der Waals surface area contributed by atoms with Gasteiger partial charge in [0.15, 0.2) is 0 Å². The Kier molecular flexibility index (Phi) is 5.81. The van der Waals surface area contributed by atoms with E-state index in [1.165, 1.54) is 22.5 Å². The van der Waals surface area contributed by atoms with Crippen molar-refractivity contribution < 1.29 is 9.90 Å². The molecule has 3 aromatic heterocycles. The molecule has 1 aliphatic rings. The molecule has 5 rings (SSSR count). The van der Waals surface area contributed by atoms with Gasteiger partial charge < -0.3 is 24.9 Å². The first-order valence-electron chi connectivity index (χ1n) is 11.9. The molecule has 1 aliphatic heterocycles. The topological polar surface area (TPSA) is 90.4 Å². The Morgan fingerprint density at radius 3 is 2.69 bits per heavy atom.